The molecule has 0 amide bonds. The van der Waals surface area contributed by atoms with E-state index in [-0.39, 0.29) is 12.4 Å². The molecule has 144 valence electrons. The third-order valence-electron chi connectivity index (χ3n) is 4.09. The minimum Gasteiger partial charge on any atom is -0.395 e. The lowest BCUT2D eigenvalue weighted by atomic mass is 9.90. The number of Topliss-reactive ketones (excluding diaryl/α,β-unsaturated/α-hetero) is 1. The summed E-state index contributed by atoms with van der Waals surface area (Å²) in [6.45, 7) is 5.33. The van der Waals surface area contributed by atoms with E-state index in [0.29, 0.717) is 5.69 Å². The van der Waals surface area contributed by atoms with Gasteiger partial charge in [0, 0.05) is 11.5 Å². The largest absolute Gasteiger partial charge is 0.395 e. The van der Waals surface area contributed by atoms with E-state index in [2.05, 4.69) is 5.16 Å². The molecule has 10 heteroatoms. The lowest BCUT2D eigenvalue weighted by Gasteiger charge is -2.23. The van der Waals surface area contributed by atoms with Gasteiger partial charge in [0.05, 0.1) is 30.9 Å². The molecule has 0 aromatic carbocycles. The minimum atomic E-state index is -4.62. The molecule has 25 heavy (non-hydrogen) atoms. The first-order chi connectivity index (χ1) is 11.1. The number of carbonyl (C=O) groups excluding carboxylic acids is 1. The standard InChI is InChI=1S/C15H22F3NO5S/c1-13(2,9-20)11-7-10(24-19-11)8-12(21)14(3,4)25(22,23)6-5-15(16,17)18/h7,20H,5-6,8-9H2,1-4H3. The molecular formula is C15H22F3NO5S. The van der Waals surface area contributed by atoms with Gasteiger partial charge < -0.3 is 9.63 Å². The number of nitrogens with zero attached hydrogens (tertiary/aromatic N) is 1. The zero-order chi connectivity index (χ0) is 19.7. The Morgan fingerprint density at radius 2 is 1.80 bits per heavy atom. The Labute approximate surface area is 144 Å². The lowest BCUT2D eigenvalue weighted by molar-refractivity contribution is -0.130. The number of rotatable bonds is 8. The predicted octanol–water partition coefficient (Wildman–Crippen LogP) is 2.20. The van der Waals surface area contributed by atoms with Gasteiger partial charge in [-0.2, -0.15) is 13.2 Å². The van der Waals surface area contributed by atoms with Gasteiger partial charge in [-0.25, -0.2) is 8.42 Å². The maximum absolute atomic E-state index is 12.3. The molecule has 0 fully saturated rings. The van der Waals surface area contributed by atoms with E-state index in [4.69, 9.17) is 4.52 Å². The number of carbonyl (C=O) groups is 1. The highest BCUT2D eigenvalue weighted by Gasteiger charge is 2.43. The number of ketones is 1. The Morgan fingerprint density at radius 3 is 2.28 bits per heavy atom. The first-order valence-electron chi connectivity index (χ1n) is 7.52. The highest BCUT2D eigenvalue weighted by Crippen LogP contribution is 2.27. The van der Waals surface area contributed by atoms with Crippen LogP contribution >= 0.6 is 0 Å². The molecule has 0 saturated heterocycles. The van der Waals surface area contributed by atoms with E-state index in [1.54, 1.807) is 13.8 Å². The van der Waals surface area contributed by atoms with Crippen molar-refractivity contribution in [3.05, 3.63) is 17.5 Å². The van der Waals surface area contributed by atoms with Gasteiger partial charge in [0.1, 0.15) is 10.5 Å². The van der Waals surface area contributed by atoms with Crippen LogP contribution in [0.25, 0.3) is 0 Å². The first-order valence-corrected chi connectivity index (χ1v) is 9.17. The summed E-state index contributed by atoms with van der Waals surface area (Å²) >= 11 is 0. The lowest BCUT2D eigenvalue weighted by Crippen LogP contribution is -2.43. The van der Waals surface area contributed by atoms with E-state index >= 15 is 0 Å². The number of sulfone groups is 1. The zero-order valence-electron chi connectivity index (χ0n) is 14.5. The summed E-state index contributed by atoms with van der Waals surface area (Å²) in [5.41, 5.74) is -0.324. The van der Waals surface area contributed by atoms with Gasteiger partial charge in [-0.1, -0.05) is 19.0 Å². The van der Waals surface area contributed by atoms with Gasteiger partial charge in [0.25, 0.3) is 0 Å². The van der Waals surface area contributed by atoms with Gasteiger partial charge in [-0.15, -0.1) is 0 Å². The van der Waals surface area contributed by atoms with E-state index in [1.165, 1.54) is 6.07 Å². The smallest absolute Gasteiger partial charge is 0.390 e. The molecule has 1 aromatic heterocycles. The number of aromatic nitrogens is 1. The summed E-state index contributed by atoms with van der Waals surface area (Å²) in [6, 6.07) is 1.42. The summed E-state index contributed by atoms with van der Waals surface area (Å²) in [5.74, 6) is -1.87. The van der Waals surface area contributed by atoms with Crippen molar-refractivity contribution in [2.24, 2.45) is 0 Å². The minimum absolute atomic E-state index is 0.0839. The van der Waals surface area contributed by atoms with Crippen molar-refractivity contribution in [3.63, 3.8) is 0 Å². The molecule has 6 nitrogen and oxygen atoms in total. The Bertz CT molecular complexity index is 720. The molecule has 0 aliphatic rings. The topological polar surface area (TPSA) is 97.5 Å². The third kappa shape index (κ3) is 5.27. The summed E-state index contributed by atoms with van der Waals surface area (Å²) in [7, 11) is -4.31. The van der Waals surface area contributed by atoms with Crippen LogP contribution in [-0.4, -0.2) is 47.7 Å². The Morgan fingerprint density at radius 1 is 1.24 bits per heavy atom. The van der Waals surface area contributed by atoms with Crippen LogP contribution in [-0.2, 0) is 26.5 Å². The number of aliphatic hydroxyl groups excluding tert-OH is 1. The zero-order valence-corrected chi connectivity index (χ0v) is 15.3. The average molecular weight is 385 g/mol. The van der Waals surface area contributed by atoms with Crippen LogP contribution in [0.15, 0.2) is 10.6 Å². The van der Waals surface area contributed by atoms with Gasteiger partial charge in [0.2, 0.25) is 0 Å². The van der Waals surface area contributed by atoms with Gasteiger partial charge in [-0.05, 0) is 13.8 Å². The summed E-state index contributed by atoms with van der Waals surface area (Å²) in [6.07, 6.45) is -6.56. The molecule has 0 aliphatic heterocycles. The highest BCUT2D eigenvalue weighted by atomic mass is 32.2. The quantitative estimate of drug-likeness (QED) is 0.737. The summed E-state index contributed by atoms with van der Waals surface area (Å²) in [4.78, 5) is 12.3. The van der Waals surface area contributed by atoms with Gasteiger partial charge in [0.15, 0.2) is 15.6 Å². The van der Waals surface area contributed by atoms with Crippen LogP contribution in [0.4, 0.5) is 13.2 Å². The second-order valence-corrected chi connectivity index (χ2v) is 9.67. The van der Waals surface area contributed by atoms with Crippen molar-refractivity contribution in [2.45, 2.75) is 56.9 Å². The molecule has 0 saturated carbocycles. The number of hydrogen-bond donors (Lipinski definition) is 1. The van der Waals surface area contributed by atoms with E-state index in [9.17, 15) is 31.5 Å². The van der Waals surface area contributed by atoms with E-state index in [0.717, 1.165) is 13.8 Å². The highest BCUT2D eigenvalue weighted by molar-refractivity contribution is 7.93. The molecule has 1 aromatic rings. The van der Waals surface area contributed by atoms with Crippen molar-refractivity contribution >= 4 is 15.6 Å². The third-order valence-corrected chi connectivity index (χ3v) is 6.61. The molecule has 0 unspecified atom stereocenters. The fraction of sp³-hybridized carbons (Fsp3) is 0.733. The number of hydrogen-bond acceptors (Lipinski definition) is 6. The Kier molecular flexibility index (Phi) is 6.11. The number of alkyl halides is 3. The van der Waals surface area contributed by atoms with Crippen molar-refractivity contribution < 1.29 is 36.0 Å². The van der Waals surface area contributed by atoms with Gasteiger partial charge >= 0.3 is 6.18 Å². The molecule has 0 spiro atoms. The molecule has 1 rings (SSSR count). The molecule has 0 radical (unpaired) electrons. The van der Waals surface area contributed by atoms with Crippen LogP contribution in [0, 0.1) is 0 Å². The second-order valence-electron chi connectivity index (χ2n) is 7.01. The Hall–Kier alpha value is -1.42. The average Bonchev–Trinajstić information content (AvgIpc) is 2.93. The maximum atomic E-state index is 12.3. The normalized spacial score (nSPS) is 13.9. The molecule has 1 N–H and O–H groups in total. The van der Waals surface area contributed by atoms with Crippen LogP contribution in [0.3, 0.4) is 0 Å². The monoisotopic (exact) mass is 385 g/mol. The van der Waals surface area contributed by atoms with Crippen molar-refractivity contribution in [3.8, 4) is 0 Å². The second kappa shape index (κ2) is 7.06. The van der Waals surface area contributed by atoms with Crippen molar-refractivity contribution in [1.29, 1.82) is 0 Å². The summed E-state index contributed by atoms with van der Waals surface area (Å²) < 4.78 is 64.1. The molecule has 0 bridgehead atoms. The fourth-order valence-electron chi connectivity index (χ4n) is 1.85. The van der Waals surface area contributed by atoms with Crippen LogP contribution < -0.4 is 0 Å². The molecule has 0 atom stereocenters. The SMILES string of the molecule is CC(C)(CO)c1cc(CC(=O)C(C)(C)S(=O)(=O)CCC(F)(F)F)on1. The van der Waals surface area contributed by atoms with Crippen molar-refractivity contribution in [1.82, 2.24) is 5.16 Å². The van der Waals surface area contributed by atoms with Gasteiger partial charge in [-0.3, -0.25) is 4.79 Å². The molecular weight excluding hydrogens is 363 g/mol. The van der Waals surface area contributed by atoms with Crippen LogP contribution in [0.1, 0.15) is 45.6 Å². The molecule has 1 heterocycles. The van der Waals surface area contributed by atoms with Crippen LogP contribution in [0.2, 0.25) is 0 Å². The number of halogens is 3. The van der Waals surface area contributed by atoms with E-state index < -0.39 is 50.6 Å². The maximum Gasteiger partial charge on any atom is 0.390 e. The first kappa shape index (κ1) is 21.6. The van der Waals surface area contributed by atoms with Crippen molar-refractivity contribution in [2.75, 3.05) is 12.4 Å². The van der Waals surface area contributed by atoms with E-state index in [1.807, 2.05) is 0 Å². The predicted molar refractivity (Wildman–Crippen MR) is 83.9 cm³/mol. The van der Waals surface area contributed by atoms with Crippen LogP contribution in [0.5, 0.6) is 0 Å². The fourth-order valence-corrected chi connectivity index (χ4v) is 3.28. The molecule has 0 aliphatic carbocycles. The number of aliphatic hydroxyl groups is 1. The summed E-state index contributed by atoms with van der Waals surface area (Å²) in [5, 5.41) is 13.0. The Balaban J connectivity index is 2.91.